The van der Waals surface area contributed by atoms with Crippen LogP contribution >= 0.6 is 0 Å². The average molecular weight is 272 g/mol. The first-order valence-electron chi connectivity index (χ1n) is 6.04. The van der Waals surface area contributed by atoms with E-state index in [-0.39, 0.29) is 17.7 Å². The molecule has 1 amide bonds. The lowest BCUT2D eigenvalue weighted by Crippen LogP contribution is -2.41. The van der Waals surface area contributed by atoms with Gasteiger partial charge in [0.25, 0.3) is 0 Å². The fourth-order valence-corrected chi connectivity index (χ4v) is 1.55. The van der Waals surface area contributed by atoms with Crippen molar-refractivity contribution >= 4 is 5.91 Å². The molecular weight excluding hydrogens is 254 g/mol. The van der Waals surface area contributed by atoms with Gasteiger partial charge < -0.3 is 15.8 Å². The van der Waals surface area contributed by atoms with Gasteiger partial charge in [0.2, 0.25) is 5.91 Å². The van der Waals surface area contributed by atoms with Gasteiger partial charge >= 0.3 is 6.61 Å². The summed E-state index contributed by atoms with van der Waals surface area (Å²) in [5.41, 5.74) is 6.28. The Bertz CT molecular complexity index is 427. The molecule has 6 heteroatoms. The highest BCUT2D eigenvalue weighted by atomic mass is 19.3. The Kier molecular flexibility index (Phi) is 5.69. The standard InChI is InChI=1S/C13H18F2N2O2/c1-3-11(16)12(18)17-8(2)9-5-4-6-10(7-9)19-13(14)15/h4-8,11,13H,3,16H2,1-2H3,(H,17,18)/t8?,11-/m0/s1. The summed E-state index contributed by atoms with van der Waals surface area (Å²) in [5, 5.41) is 2.72. The molecule has 0 aliphatic rings. The summed E-state index contributed by atoms with van der Waals surface area (Å²) in [6.07, 6.45) is 0.535. The predicted molar refractivity (Wildman–Crippen MR) is 67.9 cm³/mol. The molecule has 0 saturated carbocycles. The minimum absolute atomic E-state index is 0.0633. The minimum Gasteiger partial charge on any atom is -0.435 e. The summed E-state index contributed by atoms with van der Waals surface area (Å²) < 4.78 is 28.5. The summed E-state index contributed by atoms with van der Waals surface area (Å²) in [7, 11) is 0. The Balaban J connectivity index is 2.71. The van der Waals surface area contributed by atoms with Gasteiger partial charge in [-0.3, -0.25) is 4.79 Å². The molecule has 0 fully saturated rings. The molecule has 0 saturated heterocycles. The maximum Gasteiger partial charge on any atom is 0.387 e. The maximum absolute atomic E-state index is 12.1. The SMILES string of the molecule is CC[C@H](N)C(=O)NC(C)c1cccc(OC(F)F)c1. The number of hydrogen-bond acceptors (Lipinski definition) is 3. The zero-order valence-electron chi connectivity index (χ0n) is 10.9. The van der Waals surface area contributed by atoms with Crippen LogP contribution < -0.4 is 15.8 Å². The van der Waals surface area contributed by atoms with Crippen LogP contribution in [0.5, 0.6) is 5.75 Å². The molecule has 0 aliphatic carbocycles. The van der Waals surface area contributed by atoms with Gasteiger partial charge in [-0.25, -0.2) is 0 Å². The second-order valence-corrected chi connectivity index (χ2v) is 4.20. The number of amides is 1. The van der Waals surface area contributed by atoms with E-state index in [0.717, 1.165) is 0 Å². The van der Waals surface area contributed by atoms with Crippen LogP contribution in [-0.2, 0) is 4.79 Å². The summed E-state index contributed by atoms with van der Waals surface area (Å²) in [6, 6.07) is 5.32. The van der Waals surface area contributed by atoms with Crippen molar-refractivity contribution < 1.29 is 18.3 Å². The van der Waals surface area contributed by atoms with Gasteiger partial charge in [-0.15, -0.1) is 0 Å². The number of carbonyl (C=O) groups is 1. The monoisotopic (exact) mass is 272 g/mol. The van der Waals surface area contributed by atoms with Crippen molar-refractivity contribution in [1.29, 1.82) is 0 Å². The zero-order valence-corrected chi connectivity index (χ0v) is 10.9. The third kappa shape index (κ3) is 4.82. The minimum atomic E-state index is -2.87. The molecule has 106 valence electrons. The van der Waals surface area contributed by atoms with Gasteiger partial charge in [-0.1, -0.05) is 19.1 Å². The molecule has 4 nitrogen and oxygen atoms in total. The van der Waals surface area contributed by atoms with E-state index in [1.165, 1.54) is 12.1 Å². The molecular formula is C13H18F2N2O2. The molecule has 0 radical (unpaired) electrons. The van der Waals surface area contributed by atoms with E-state index >= 15 is 0 Å². The maximum atomic E-state index is 12.1. The fraction of sp³-hybridized carbons (Fsp3) is 0.462. The first-order chi connectivity index (χ1) is 8.93. The van der Waals surface area contributed by atoms with E-state index in [9.17, 15) is 13.6 Å². The van der Waals surface area contributed by atoms with Gasteiger partial charge in [-0.2, -0.15) is 8.78 Å². The van der Waals surface area contributed by atoms with E-state index in [1.54, 1.807) is 19.1 Å². The summed E-state index contributed by atoms with van der Waals surface area (Å²) >= 11 is 0. The Hall–Kier alpha value is -1.69. The predicted octanol–water partition coefficient (Wildman–Crippen LogP) is 2.20. The molecule has 19 heavy (non-hydrogen) atoms. The molecule has 1 rings (SSSR count). The fourth-order valence-electron chi connectivity index (χ4n) is 1.55. The van der Waals surface area contributed by atoms with Crippen LogP contribution in [0.25, 0.3) is 0 Å². The highest BCUT2D eigenvalue weighted by molar-refractivity contribution is 5.81. The topological polar surface area (TPSA) is 64.4 Å². The van der Waals surface area contributed by atoms with Crippen LogP contribution in [0.2, 0.25) is 0 Å². The number of nitrogens with one attached hydrogen (secondary N) is 1. The van der Waals surface area contributed by atoms with Crippen molar-refractivity contribution in [3.63, 3.8) is 0 Å². The molecule has 1 aromatic rings. The van der Waals surface area contributed by atoms with Crippen LogP contribution in [0.1, 0.15) is 31.9 Å². The summed E-state index contributed by atoms with van der Waals surface area (Å²) in [4.78, 5) is 11.6. The lowest BCUT2D eigenvalue weighted by atomic mass is 10.1. The third-order valence-corrected chi connectivity index (χ3v) is 2.72. The van der Waals surface area contributed by atoms with Gasteiger partial charge in [0.05, 0.1) is 12.1 Å². The van der Waals surface area contributed by atoms with Crippen molar-refractivity contribution in [2.45, 2.75) is 39.0 Å². The number of benzene rings is 1. The van der Waals surface area contributed by atoms with Crippen molar-refractivity contribution in [2.75, 3.05) is 0 Å². The normalized spacial score (nSPS) is 14.0. The van der Waals surface area contributed by atoms with E-state index in [0.29, 0.717) is 12.0 Å². The average Bonchev–Trinajstić information content (AvgIpc) is 2.37. The smallest absolute Gasteiger partial charge is 0.387 e. The Morgan fingerprint density at radius 3 is 2.74 bits per heavy atom. The number of hydrogen-bond donors (Lipinski definition) is 2. The van der Waals surface area contributed by atoms with Crippen LogP contribution in [0.3, 0.4) is 0 Å². The van der Waals surface area contributed by atoms with Crippen LogP contribution in [0.4, 0.5) is 8.78 Å². The number of ether oxygens (including phenoxy) is 1. The number of rotatable bonds is 6. The van der Waals surface area contributed by atoms with Gasteiger partial charge in [-0.05, 0) is 31.0 Å². The van der Waals surface area contributed by atoms with E-state index < -0.39 is 12.7 Å². The largest absolute Gasteiger partial charge is 0.435 e. The van der Waals surface area contributed by atoms with Crippen LogP contribution in [0, 0.1) is 0 Å². The number of nitrogens with two attached hydrogens (primary N) is 1. The van der Waals surface area contributed by atoms with Crippen LogP contribution in [0.15, 0.2) is 24.3 Å². The second kappa shape index (κ2) is 7.04. The van der Waals surface area contributed by atoms with Gasteiger partial charge in [0.1, 0.15) is 5.75 Å². The summed E-state index contributed by atoms with van der Waals surface area (Å²) in [5.74, 6) is -0.205. The van der Waals surface area contributed by atoms with E-state index in [2.05, 4.69) is 10.1 Å². The zero-order chi connectivity index (χ0) is 14.4. The summed E-state index contributed by atoms with van der Waals surface area (Å²) in [6.45, 7) is 0.696. The van der Waals surface area contributed by atoms with Gasteiger partial charge in [0, 0.05) is 0 Å². The molecule has 2 atom stereocenters. The number of alkyl halides is 2. The number of halogens is 2. The first kappa shape index (κ1) is 15.4. The van der Waals surface area contributed by atoms with Crippen LogP contribution in [-0.4, -0.2) is 18.6 Å². The molecule has 3 N–H and O–H groups in total. The Morgan fingerprint density at radius 2 is 2.16 bits per heavy atom. The molecule has 0 heterocycles. The third-order valence-electron chi connectivity index (χ3n) is 2.72. The van der Waals surface area contributed by atoms with Gasteiger partial charge in [0.15, 0.2) is 0 Å². The lowest BCUT2D eigenvalue weighted by molar-refractivity contribution is -0.123. The molecule has 0 spiro atoms. The highest BCUT2D eigenvalue weighted by Crippen LogP contribution is 2.20. The van der Waals surface area contributed by atoms with Crippen molar-refractivity contribution in [2.24, 2.45) is 5.73 Å². The molecule has 1 aromatic carbocycles. The Morgan fingerprint density at radius 1 is 1.47 bits per heavy atom. The molecule has 1 unspecified atom stereocenters. The van der Waals surface area contributed by atoms with Crippen molar-refractivity contribution in [3.05, 3.63) is 29.8 Å². The lowest BCUT2D eigenvalue weighted by Gasteiger charge is -2.17. The molecule has 0 aliphatic heterocycles. The number of carbonyl (C=O) groups excluding carboxylic acids is 1. The molecule has 0 bridgehead atoms. The second-order valence-electron chi connectivity index (χ2n) is 4.20. The first-order valence-corrected chi connectivity index (χ1v) is 6.04. The van der Waals surface area contributed by atoms with Crippen molar-refractivity contribution in [3.8, 4) is 5.75 Å². The molecule has 0 aromatic heterocycles. The van der Waals surface area contributed by atoms with E-state index in [1.807, 2.05) is 6.92 Å². The van der Waals surface area contributed by atoms with Crippen molar-refractivity contribution in [1.82, 2.24) is 5.32 Å². The van der Waals surface area contributed by atoms with E-state index in [4.69, 9.17) is 5.73 Å². The Labute approximate surface area is 110 Å². The quantitative estimate of drug-likeness (QED) is 0.834. The highest BCUT2D eigenvalue weighted by Gasteiger charge is 2.15.